The predicted molar refractivity (Wildman–Crippen MR) is 109 cm³/mol. The Bertz CT molecular complexity index is 793. The number of aliphatic imine (C=N–C) groups is 1. The van der Waals surface area contributed by atoms with Crippen molar-refractivity contribution in [1.82, 2.24) is 10.2 Å². The average Bonchev–Trinajstić information content (AvgIpc) is 2.63. The molecule has 1 aliphatic rings. The molecule has 0 aliphatic carbocycles. The minimum Gasteiger partial charge on any atom is -0.327 e. The van der Waals surface area contributed by atoms with Crippen LogP contribution in [0.4, 0.5) is 0 Å². The van der Waals surface area contributed by atoms with Gasteiger partial charge in [-0.2, -0.15) is 0 Å². The molecule has 1 fully saturated rings. The molecule has 1 heterocycles. The van der Waals surface area contributed by atoms with Gasteiger partial charge in [0.1, 0.15) is 0 Å². The van der Waals surface area contributed by atoms with Crippen molar-refractivity contribution in [1.29, 1.82) is 0 Å². The first-order chi connectivity index (χ1) is 12.8. The van der Waals surface area contributed by atoms with Gasteiger partial charge in [0.05, 0.1) is 6.04 Å². The van der Waals surface area contributed by atoms with Crippen LogP contribution in [-0.4, -0.2) is 30.0 Å². The molecule has 1 aliphatic heterocycles. The fraction of sp³-hybridized carbons (Fsp3) is 0.409. The van der Waals surface area contributed by atoms with Crippen molar-refractivity contribution in [2.24, 2.45) is 4.99 Å². The normalized spacial score (nSPS) is 18.2. The molecule has 5 heteroatoms. The minimum absolute atomic E-state index is 0.0489. The summed E-state index contributed by atoms with van der Waals surface area (Å²) in [6, 6.07) is 6.23. The van der Waals surface area contributed by atoms with Gasteiger partial charge < -0.3 is 10.2 Å². The van der Waals surface area contributed by atoms with E-state index in [0.717, 1.165) is 30.4 Å². The van der Waals surface area contributed by atoms with Crippen LogP contribution in [0.25, 0.3) is 0 Å². The van der Waals surface area contributed by atoms with Crippen molar-refractivity contribution in [3.8, 4) is 0 Å². The van der Waals surface area contributed by atoms with Crippen LogP contribution in [-0.2, 0) is 9.59 Å². The molecule has 0 aromatic heterocycles. The second-order valence-corrected chi connectivity index (χ2v) is 7.19. The second kappa shape index (κ2) is 9.31. The summed E-state index contributed by atoms with van der Waals surface area (Å²) in [7, 11) is 0. The van der Waals surface area contributed by atoms with E-state index in [2.05, 4.69) is 49.1 Å². The van der Waals surface area contributed by atoms with Gasteiger partial charge in [0.15, 0.2) is 0 Å². The van der Waals surface area contributed by atoms with Crippen molar-refractivity contribution in [3.63, 3.8) is 0 Å². The number of amides is 2. The first-order valence-electron chi connectivity index (χ1n) is 9.33. The predicted octanol–water partition coefficient (Wildman–Crippen LogP) is 3.98. The van der Waals surface area contributed by atoms with E-state index in [1.54, 1.807) is 24.1 Å². The molecule has 2 amide bonds. The van der Waals surface area contributed by atoms with Crippen molar-refractivity contribution >= 4 is 18.5 Å². The fourth-order valence-electron chi connectivity index (χ4n) is 3.41. The maximum atomic E-state index is 12.8. The molecule has 0 unspecified atom stereocenters. The van der Waals surface area contributed by atoms with Gasteiger partial charge in [0.25, 0.3) is 0 Å². The van der Waals surface area contributed by atoms with Gasteiger partial charge in [-0.3, -0.25) is 14.6 Å². The van der Waals surface area contributed by atoms with Gasteiger partial charge in [0.2, 0.25) is 0 Å². The number of nitrogens with zero attached hydrogens (tertiary/aromatic N) is 2. The van der Waals surface area contributed by atoms with Gasteiger partial charge >= 0.3 is 11.8 Å². The van der Waals surface area contributed by atoms with Gasteiger partial charge in [-0.15, -0.1) is 0 Å². The van der Waals surface area contributed by atoms with Crippen LogP contribution in [0.15, 0.2) is 46.7 Å². The Morgan fingerprint density at radius 2 is 1.96 bits per heavy atom. The molecular weight excluding hydrogens is 338 g/mol. The number of piperidine rings is 1. The smallest absolute Gasteiger partial charge is 0.313 e. The Balaban J connectivity index is 2.16. The van der Waals surface area contributed by atoms with Gasteiger partial charge in [-0.1, -0.05) is 18.2 Å². The summed E-state index contributed by atoms with van der Waals surface area (Å²) < 4.78 is 0. The second-order valence-electron chi connectivity index (χ2n) is 7.19. The van der Waals surface area contributed by atoms with Crippen LogP contribution < -0.4 is 5.32 Å². The third-order valence-electron chi connectivity index (χ3n) is 4.92. The quantitative estimate of drug-likeness (QED) is 0.497. The van der Waals surface area contributed by atoms with Crippen molar-refractivity contribution in [2.75, 3.05) is 6.54 Å². The van der Waals surface area contributed by atoms with Crippen LogP contribution in [0.1, 0.15) is 55.8 Å². The summed E-state index contributed by atoms with van der Waals surface area (Å²) in [6.45, 7) is 11.8. The van der Waals surface area contributed by atoms with Gasteiger partial charge in [-0.25, -0.2) is 0 Å². The lowest BCUT2D eigenvalue weighted by Gasteiger charge is -2.35. The molecule has 27 heavy (non-hydrogen) atoms. The van der Waals surface area contributed by atoms with Crippen molar-refractivity contribution in [2.45, 2.75) is 53.0 Å². The maximum absolute atomic E-state index is 12.8. The Hall–Kier alpha value is -2.69. The molecule has 144 valence electrons. The van der Waals surface area contributed by atoms with Crippen LogP contribution in [0, 0.1) is 13.8 Å². The van der Waals surface area contributed by atoms with E-state index in [1.165, 1.54) is 11.1 Å². The monoisotopic (exact) mass is 367 g/mol. The standard InChI is InChI=1S/C22H29N3O2/c1-15(14-23-5)12-18(4)24-21(26)22(27)25-11-7-6-8-20(25)19-10-9-16(2)17(3)13-19/h9-10,12-14,20H,5-8,11H2,1-4H3,(H,24,26)/b15-14-,18-12+/t20-/m0/s1. The highest BCUT2D eigenvalue weighted by atomic mass is 16.2. The van der Waals surface area contributed by atoms with E-state index in [4.69, 9.17) is 0 Å². The topological polar surface area (TPSA) is 61.8 Å². The van der Waals surface area contributed by atoms with Crippen LogP contribution >= 0.6 is 0 Å². The van der Waals surface area contributed by atoms with E-state index in [0.29, 0.717) is 12.2 Å². The number of rotatable bonds is 4. The summed E-state index contributed by atoms with van der Waals surface area (Å²) >= 11 is 0. The number of hydrogen-bond acceptors (Lipinski definition) is 3. The maximum Gasteiger partial charge on any atom is 0.313 e. The Morgan fingerprint density at radius 1 is 1.22 bits per heavy atom. The number of likely N-dealkylation sites (tertiary alicyclic amines) is 1. The SMILES string of the molecule is C=N/C=C(C)\C=C(/C)NC(=O)C(=O)N1CCCC[C@H]1c1ccc(C)c(C)c1. The highest BCUT2D eigenvalue weighted by molar-refractivity contribution is 6.35. The zero-order valence-corrected chi connectivity index (χ0v) is 16.7. The number of nitrogens with one attached hydrogen (secondary N) is 1. The highest BCUT2D eigenvalue weighted by Gasteiger charge is 2.31. The molecule has 0 bridgehead atoms. The first-order valence-corrected chi connectivity index (χ1v) is 9.33. The zero-order valence-electron chi connectivity index (χ0n) is 16.7. The van der Waals surface area contributed by atoms with Gasteiger partial charge in [0, 0.05) is 18.4 Å². The Labute approximate surface area is 161 Å². The van der Waals surface area contributed by atoms with Crippen LogP contribution in [0.3, 0.4) is 0 Å². The average molecular weight is 367 g/mol. The molecule has 5 nitrogen and oxygen atoms in total. The van der Waals surface area contributed by atoms with Crippen LogP contribution in [0.2, 0.25) is 0 Å². The molecule has 0 saturated carbocycles. The molecule has 1 N–H and O–H groups in total. The minimum atomic E-state index is -0.598. The Morgan fingerprint density at radius 3 is 2.63 bits per heavy atom. The van der Waals surface area contributed by atoms with Crippen LogP contribution in [0.5, 0.6) is 0 Å². The number of hydrogen-bond donors (Lipinski definition) is 1. The van der Waals surface area contributed by atoms with Crippen molar-refractivity contribution < 1.29 is 9.59 Å². The van der Waals surface area contributed by atoms with E-state index in [1.807, 2.05) is 6.92 Å². The number of allylic oxidation sites excluding steroid dienone is 3. The summed E-state index contributed by atoms with van der Waals surface area (Å²) in [5.74, 6) is -1.08. The molecular formula is C22H29N3O2. The molecule has 2 rings (SSSR count). The fourth-order valence-corrected chi connectivity index (χ4v) is 3.41. The summed E-state index contributed by atoms with van der Waals surface area (Å²) in [5.41, 5.74) is 4.98. The number of benzene rings is 1. The molecule has 1 aromatic rings. The number of aryl methyl sites for hydroxylation is 2. The molecule has 1 saturated heterocycles. The summed E-state index contributed by atoms with van der Waals surface area (Å²) in [4.78, 5) is 30.7. The van der Waals surface area contributed by atoms with Crippen molar-refractivity contribution in [3.05, 3.63) is 58.4 Å². The van der Waals surface area contributed by atoms with E-state index in [9.17, 15) is 9.59 Å². The van der Waals surface area contributed by atoms with E-state index >= 15 is 0 Å². The zero-order chi connectivity index (χ0) is 20.0. The third-order valence-corrected chi connectivity index (χ3v) is 4.92. The summed E-state index contributed by atoms with van der Waals surface area (Å²) in [6.07, 6.45) is 6.21. The lowest BCUT2D eigenvalue weighted by Crippen LogP contribution is -2.46. The van der Waals surface area contributed by atoms with E-state index in [-0.39, 0.29) is 6.04 Å². The lowest BCUT2D eigenvalue weighted by atomic mass is 9.93. The molecule has 1 atom stereocenters. The number of carbonyl (C=O) groups excluding carboxylic acids is 2. The summed E-state index contributed by atoms with van der Waals surface area (Å²) in [5, 5.41) is 2.69. The molecule has 0 spiro atoms. The lowest BCUT2D eigenvalue weighted by molar-refractivity contribution is -0.148. The first kappa shape index (κ1) is 20.6. The Kier molecular flexibility index (Phi) is 7.11. The molecule has 0 radical (unpaired) electrons. The third kappa shape index (κ3) is 5.39. The number of carbonyl (C=O) groups is 2. The van der Waals surface area contributed by atoms with E-state index < -0.39 is 11.8 Å². The highest BCUT2D eigenvalue weighted by Crippen LogP contribution is 2.32. The van der Waals surface area contributed by atoms with Gasteiger partial charge in [-0.05, 0) is 82.0 Å². The largest absolute Gasteiger partial charge is 0.327 e. The molecule has 1 aromatic carbocycles.